The van der Waals surface area contributed by atoms with E-state index in [1.807, 2.05) is 24.3 Å². The smallest absolute Gasteiger partial charge is 0.493 e. The summed E-state index contributed by atoms with van der Waals surface area (Å²) in [6, 6.07) is 30.1. The summed E-state index contributed by atoms with van der Waals surface area (Å²) in [6.07, 6.45) is 1.66. The van der Waals surface area contributed by atoms with Gasteiger partial charge in [0.2, 0.25) is 0 Å². The number of alkyl halides is 3. The van der Waals surface area contributed by atoms with Crippen LogP contribution in [0.4, 0.5) is 18.9 Å². The summed E-state index contributed by atoms with van der Waals surface area (Å²) in [7, 11) is -5.54. The quantitative estimate of drug-likeness (QED) is 0.294. The lowest BCUT2D eigenvalue weighted by Crippen LogP contribution is -2.30. The fraction of sp³-hybridized carbons (Fsp3) is 0.172. The van der Waals surface area contributed by atoms with Crippen molar-refractivity contribution in [3.8, 4) is 28.0 Å². The summed E-state index contributed by atoms with van der Waals surface area (Å²) in [5.41, 5.74) is -0.0828. The molecule has 1 aliphatic rings. The number of halogens is 3. The van der Waals surface area contributed by atoms with Crippen molar-refractivity contribution in [2.45, 2.75) is 18.3 Å². The number of benzene rings is 4. The Morgan fingerprint density at radius 1 is 0.811 bits per heavy atom. The Morgan fingerprint density at radius 3 is 2.19 bits per heavy atom. The molecule has 0 radical (unpaired) electrons. The van der Waals surface area contributed by atoms with Gasteiger partial charge < -0.3 is 4.74 Å². The zero-order valence-corrected chi connectivity index (χ0v) is 20.5. The molecule has 1 N–H and O–H groups in total. The van der Waals surface area contributed by atoms with Gasteiger partial charge in [-0.2, -0.15) is 21.6 Å². The van der Waals surface area contributed by atoms with Crippen LogP contribution in [0.25, 0.3) is 22.3 Å². The van der Waals surface area contributed by atoms with E-state index in [2.05, 4.69) is 36.4 Å². The highest BCUT2D eigenvalue weighted by atomic mass is 32.2. The molecule has 4 aromatic rings. The third-order valence-electron chi connectivity index (χ3n) is 6.42. The summed E-state index contributed by atoms with van der Waals surface area (Å²) in [4.78, 5) is 0. The Hall–Kier alpha value is -3.78. The Kier molecular flexibility index (Phi) is 6.69. The van der Waals surface area contributed by atoms with Gasteiger partial charge in [-0.25, -0.2) is 0 Å². The Bertz CT molecular complexity index is 1500. The Balaban J connectivity index is 1.30. The third-order valence-corrected chi connectivity index (χ3v) is 7.52. The van der Waals surface area contributed by atoms with Gasteiger partial charge in [-0.15, -0.1) is 0 Å². The number of ether oxygens (including phenoxy) is 1. The topological polar surface area (TPSA) is 55.4 Å². The monoisotopic (exact) mass is 523 g/mol. The van der Waals surface area contributed by atoms with E-state index in [0.717, 1.165) is 18.4 Å². The number of fused-ring (bicyclic) bond motifs is 1. The summed E-state index contributed by atoms with van der Waals surface area (Å²) >= 11 is 0. The predicted molar refractivity (Wildman–Crippen MR) is 139 cm³/mol. The van der Waals surface area contributed by atoms with Crippen LogP contribution >= 0.6 is 0 Å². The lowest BCUT2D eigenvalue weighted by atomic mass is 9.89. The van der Waals surface area contributed by atoms with Crippen molar-refractivity contribution in [1.29, 1.82) is 0 Å². The minimum Gasteiger partial charge on any atom is -0.493 e. The van der Waals surface area contributed by atoms with Crippen LogP contribution in [0.1, 0.15) is 11.1 Å². The van der Waals surface area contributed by atoms with Crippen LogP contribution < -0.4 is 9.46 Å². The normalized spacial score (nSPS) is 15.5. The number of anilines is 1. The number of para-hydroxylation sites is 1. The Labute approximate surface area is 213 Å². The van der Waals surface area contributed by atoms with Crippen LogP contribution in [0.5, 0.6) is 5.75 Å². The maximum atomic E-state index is 12.9. The van der Waals surface area contributed by atoms with E-state index < -0.39 is 15.5 Å². The molecule has 8 heteroatoms. The van der Waals surface area contributed by atoms with Crippen LogP contribution in [0, 0.1) is 5.92 Å². The fourth-order valence-corrected chi connectivity index (χ4v) is 5.14. The molecule has 0 saturated heterocycles. The summed E-state index contributed by atoms with van der Waals surface area (Å²) in [5, 5.41) is 0. The first-order valence-electron chi connectivity index (χ1n) is 11.8. The molecule has 0 spiro atoms. The number of hydrogen-bond donors (Lipinski definition) is 1. The minimum atomic E-state index is -5.54. The third kappa shape index (κ3) is 5.49. The van der Waals surface area contributed by atoms with Gasteiger partial charge in [0.25, 0.3) is 0 Å². The average Bonchev–Trinajstić information content (AvgIpc) is 2.89. The molecule has 1 atom stereocenters. The summed E-state index contributed by atoms with van der Waals surface area (Å²) < 4.78 is 69.7. The predicted octanol–water partition coefficient (Wildman–Crippen LogP) is 7.08. The summed E-state index contributed by atoms with van der Waals surface area (Å²) in [5.74, 6) is 0.938. The molecule has 1 aliphatic heterocycles. The van der Waals surface area contributed by atoms with Crippen molar-refractivity contribution in [3.05, 3.63) is 108 Å². The zero-order chi connectivity index (χ0) is 26.0. The van der Waals surface area contributed by atoms with E-state index in [0.29, 0.717) is 23.5 Å². The first-order valence-corrected chi connectivity index (χ1v) is 13.3. The highest BCUT2D eigenvalue weighted by molar-refractivity contribution is 7.93. The van der Waals surface area contributed by atoms with Gasteiger partial charge in [-0.05, 0) is 52.8 Å². The molecule has 0 fully saturated rings. The lowest BCUT2D eigenvalue weighted by Gasteiger charge is -2.26. The molecule has 0 amide bonds. The minimum absolute atomic E-state index is 0.146. The van der Waals surface area contributed by atoms with Gasteiger partial charge in [-0.1, -0.05) is 84.9 Å². The number of rotatable bonds is 6. The fourth-order valence-electron chi connectivity index (χ4n) is 4.56. The second-order valence-electron chi connectivity index (χ2n) is 9.07. The lowest BCUT2D eigenvalue weighted by molar-refractivity contribution is -0.0429. The highest BCUT2D eigenvalue weighted by Gasteiger charge is 2.46. The van der Waals surface area contributed by atoms with Gasteiger partial charge in [0, 0.05) is 11.5 Å². The average molecular weight is 524 g/mol. The maximum Gasteiger partial charge on any atom is 0.516 e. The molecular weight excluding hydrogens is 499 g/mol. The van der Waals surface area contributed by atoms with Crippen molar-refractivity contribution >= 4 is 15.7 Å². The van der Waals surface area contributed by atoms with Crippen molar-refractivity contribution in [2.24, 2.45) is 5.92 Å². The molecule has 4 nitrogen and oxygen atoms in total. The SMILES string of the molecule is O=S(=O)(Nc1ccccc1-c1ccc2c(c1)OC[C@H](Cc1ccc(-c3ccccc3)cc1)C2)C(F)(F)F. The van der Waals surface area contributed by atoms with Gasteiger partial charge in [0.15, 0.2) is 0 Å². The molecule has 5 rings (SSSR count). The maximum absolute atomic E-state index is 12.9. The second kappa shape index (κ2) is 9.94. The molecule has 0 bridgehead atoms. The van der Waals surface area contributed by atoms with Gasteiger partial charge >= 0.3 is 15.5 Å². The number of nitrogens with one attached hydrogen (secondary N) is 1. The molecule has 0 unspecified atom stereocenters. The van der Waals surface area contributed by atoms with E-state index in [1.165, 1.54) is 28.8 Å². The molecule has 0 saturated carbocycles. The second-order valence-corrected chi connectivity index (χ2v) is 10.7. The number of hydrogen-bond acceptors (Lipinski definition) is 3. The molecular formula is C29H24F3NO3S. The summed E-state index contributed by atoms with van der Waals surface area (Å²) in [6.45, 7) is 0.513. The first kappa shape index (κ1) is 24.9. The van der Waals surface area contributed by atoms with Crippen molar-refractivity contribution in [3.63, 3.8) is 0 Å². The van der Waals surface area contributed by atoms with E-state index >= 15 is 0 Å². The van der Waals surface area contributed by atoms with Crippen LogP contribution in [0.15, 0.2) is 97.1 Å². The molecule has 1 heterocycles. The van der Waals surface area contributed by atoms with Crippen LogP contribution in [-0.2, 0) is 22.9 Å². The standard InChI is InChI=1S/C29H24F3NO3S/c30-29(31,32)37(34,35)33-27-9-5-4-8-26(27)24-14-15-25-17-21(19-36-28(25)18-24)16-20-10-12-23(13-11-20)22-6-2-1-3-7-22/h1-15,18,21,33H,16-17,19H2/t21-/m1/s1. The first-order chi connectivity index (χ1) is 17.7. The molecule has 190 valence electrons. The van der Waals surface area contributed by atoms with Crippen LogP contribution in [-0.4, -0.2) is 20.5 Å². The number of sulfonamides is 1. The molecule has 4 aromatic carbocycles. The molecule has 0 aromatic heterocycles. The molecule has 0 aliphatic carbocycles. The zero-order valence-electron chi connectivity index (χ0n) is 19.7. The van der Waals surface area contributed by atoms with E-state index in [9.17, 15) is 21.6 Å². The van der Waals surface area contributed by atoms with E-state index in [1.54, 1.807) is 29.0 Å². The van der Waals surface area contributed by atoms with Crippen LogP contribution in [0.2, 0.25) is 0 Å². The van der Waals surface area contributed by atoms with Gasteiger partial charge in [-0.3, -0.25) is 4.72 Å². The van der Waals surface area contributed by atoms with Crippen molar-refractivity contribution in [1.82, 2.24) is 0 Å². The van der Waals surface area contributed by atoms with Crippen molar-refractivity contribution < 1.29 is 26.3 Å². The molecule has 37 heavy (non-hydrogen) atoms. The van der Waals surface area contributed by atoms with Crippen molar-refractivity contribution in [2.75, 3.05) is 11.3 Å². The van der Waals surface area contributed by atoms with Gasteiger partial charge in [0.1, 0.15) is 5.75 Å². The highest BCUT2D eigenvalue weighted by Crippen LogP contribution is 2.37. The Morgan fingerprint density at radius 2 is 1.46 bits per heavy atom. The van der Waals surface area contributed by atoms with Gasteiger partial charge in [0.05, 0.1) is 12.3 Å². The largest absolute Gasteiger partial charge is 0.516 e. The van der Waals surface area contributed by atoms with E-state index in [-0.39, 0.29) is 11.6 Å². The van der Waals surface area contributed by atoms with Crippen LogP contribution in [0.3, 0.4) is 0 Å². The van der Waals surface area contributed by atoms with E-state index in [4.69, 9.17) is 4.74 Å².